The fourth-order valence-corrected chi connectivity index (χ4v) is 5.23. The predicted octanol–water partition coefficient (Wildman–Crippen LogP) is 8.36. The molecule has 33 heavy (non-hydrogen) atoms. The Morgan fingerprint density at radius 1 is 0.576 bits per heavy atom. The van der Waals surface area contributed by atoms with Crippen LogP contribution in [0.5, 0.6) is 0 Å². The van der Waals surface area contributed by atoms with E-state index in [2.05, 4.69) is 113 Å². The van der Waals surface area contributed by atoms with Crippen LogP contribution in [0, 0.1) is 0 Å². The number of rotatable bonds is 7. The molecule has 0 bridgehead atoms. The molecule has 0 atom stereocenters. The van der Waals surface area contributed by atoms with E-state index in [0.717, 1.165) is 12.2 Å². The van der Waals surface area contributed by atoms with Crippen LogP contribution in [0.15, 0.2) is 91.0 Å². The van der Waals surface area contributed by atoms with Crippen LogP contribution in [0.2, 0.25) is 0 Å². The van der Waals surface area contributed by atoms with Crippen LogP contribution in [0.1, 0.15) is 32.6 Å². The normalized spacial score (nSPS) is 11.8. The zero-order valence-electron chi connectivity index (χ0n) is 19.1. The van der Waals surface area contributed by atoms with Gasteiger partial charge in [0, 0.05) is 39.1 Å². The van der Waals surface area contributed by atoms with Gasteiger partial charge in [-0.1, -0.05) is 80.8 Å². The van der Waals surface area contributed by atoms with E-state index in [1.807, 2.05) is 0 Å². The van der Waals surface area contributed by atoms with E-state index >= 15 is 0 Å². The van der Waals surface area contributed by atoms with Crippen molar-refractivity contribution < 1.29 is 0 Å². The second-order valence-corrected chi connectivity index (χ2v) is 8.94. The Labute approximate surface area is 194 Å². The van der Waals surface area contributed by atoms with Gasteiger partial charge in [0.25, 0.3) is 0 Å². The lowest BCUT2D eigenvalue weighted by Crippen LogP contribution is -2.08. The Bertz CT molecular complexity index is 1530. The molecule has 0 unspecified atom stereocenters. The van der Waals surface area contributed by atoms with Crippen molar-refractivity contribution in [3.63, 3.8) is 0 Å². The molecule has 4 aromatic carbocycles. The standard InChI is InChI=1S/C30H29N3/c1-2-3-4-11-20-32-27-15-8-5-14-25(27)26-21-22(18-19-28(26)32)31-33-29-16-9-6-12-23(29)24-13-7-10-17-30(24)33/h5-10,12-19,21,31H,2-4,11,20H2,1H3. The predicted molar refractivity (Wildman–Crippen MR) is 142 cm³/mol. The van der Waals surface area contributed by atoms with Crippen LogP contribution in [-0.4, -0.2) is 9.24 Å². The van der Waals surface area contributed by atoms with Crippen molar-refractivity contribution in [3.05, 3.63) is 91.0 Å². The molecule has 3 heteroatoms. The van der Waals surface area contributed by atoms with E-state index in [0.29, 0.717) is 0 Å². The molecule has 0 radical (unpaired) electrons. The summed E-state index contributed by atoms with van der Waals surface area (Å²) in [5.41, 5.74) is 9.84. The van der Waals surface area contributed by atoms with E-state index < -0.39 is 0 Å². The maximum Gasteiger partial charge on any atom is 0.0709 e. The van der Waals surface area contributed by atoms with E-state index in [9.17, 15) is 0 Å². The molecule has 3 nitrogen and oxygen atoms in total. The number of unbranched alkanes of at least 4 members (excludes halogenated alkanes) is 3. The Kier molecular flexibility index (Phi) is 5.03. The highest BCUT2D eigenvalue weighted by Crippen LogP contribution is 2.33. The molecular formula is C30H29N3. The number of aryl methyl sites for hydroxylation is 1. The third kappa shape index (κ3) is 3.36. The minimum absolute atomic E-state index is 1.07. The smallest absolute Gasteiger partial charge is 0.0709 e. The van der Waals surface area contributed by atoms with Crippen molar-refractivity contribution in [2.24, 2.45) is 0 Å². The second-order valence-electron chi connectivity index (χ2n) is 8.94. The van der Waals surface area contributed by atoms with Gasteiger partial charge in [0.1, 0.15) is 0 Å². The Morgan fingerprint density at radius 3 is 1.82 bits per heavy atom. The van der Waals surface area contributed by atoms with Gasteiger partial charge in [0.15, 0.2) is 0 Å². The van der Waals surface area contributed by atoms with Crippen LogP contribution < -0.4 is 5.43 Å². The maximum absolute atomic E-state index is 3.70. The van der Waals surface area contributed by atoms with Crippen LogP contribution in [-0.2, 0) is 6.54 Å². The molecule has 6 aromatic rings. The summed E-state index contributed by atoms with van der Waals surface area (Å²) < 4.78 is 4.72. The lowest BCUT2D eigenvalue weighted by Gasteiger charge is -2.12. The average molecular weight is 432 g/mol. The fourth-order valence-electron chi connectivity index (χ4n) is 5.23. The van der Waals surface area contributed by atoms with Gasteiger partial charge in [-0.25, -0.2) is 0 Å². The molecule has 0 amide bonds. The number of hydrogen-bond acceptors (Lipinski definition) is 1. The average Bonchev–Trinajstić information content (AvgIpc) is 3.35. The first-order chi connectivity index (χ1) is 16.3. The summed E-state index contributed by atoms with van der Waals surface area (Å²) in [6, 6.07) is 32.8. The molecule has 164 valence electrons. The third-order valence-electron chi connectivity index (χ3n) is 6.83. The minimum atomic E-state index is 1.07. The molecule has 0 saturated carbocycles. The molecule has 0 aliphatic heterocycles. The first-order valence-corrected chi connectivity index (χ1v) is 12.1. The quantitative estimate of drug-likeness (QED) is 0.252. The monoisotopic (exact) mass is 431 g/mol. The third-order valence-corrected chi connectivity index (χ3v) is 6.83. The molecule has 2 heterocycles. The van der Waals surface area contributed by atoms with Crippen molar-refractivity contribution in [2.45, 2.75) is 39.2 Å². The zero-order valence-corrected chi connectivity index (χ0v) is 19.1. The van der Waals surface area contributed by atoms with Crippen LogP contribution in [0.4, 0.5) is 5.69 Å². The summed E-state index contributed by atoms with van der Waals surface area (Å²) in [6.45, 7) is 3.34. The Balaban J connectivity index is 1.45. The lowest BCUT2D eigenvalue weighted by atomic mass is 10.1. The van der Waals surface area contributed by atoms with Gasteiger partial charge in [-0.3, -0.25) is 10.1 Å². The van der Waals surface area contributed by atoms with Crippen LogP contribution in [0.25, 0.3) is 43.6 Å². The van der Waals surface area contributed by atoms with Crippen molar-refractivity contribution >= 4 is 49.3 Å². The molecule has 0 aliphatic carbocycles. The van der Waals surface area contributed by atoms with Crippen LogP contribution in [0.3, 0.4) is 0 Å². The van der Waals surface area contributed by atoms with Crippen molar-refractivity contribution in [1.29, 1.82) is 0 Å². The number of benzene rings is 4. The summed E-state index contributed by atoms with van der Waals surface area (Å²) in [7, 11) is 0. The molecule has 0 aliphatic rings. The fraction of sp³-hybridized carbons (Fsp3) is 0.200. The number of anilines is 1. The number of para-hydroxylation sites is 3. The van der Waals surface area contributed by atoms with Gasteiger partial charge in [-0.15, -0.1) is 0 Å². The van der Waals surface area contributed by atoms with Crippen molar-refractivity contribution in [1.82, 2.24) is 9.24 Å². The number of hydrogen-bond donors (Lipinski definition) is 1. The number of fused-ring (bicyclic) bond motifs is 6. The van der Waals surface area contributed by atoms with Gasteiger partial charge in [0.05, 0.1) is 16.7 Å². The first kappa shape index (κ1) is 19.9. The van der Waals surface area contributed by atoms with Crippen LogP contribution >= 0.6 is 0 Å². The molecule has 2 aromatic heterocycles. The van der Waals surface area contributed by atoms with Crippen molar-refractivity contribution in [2.75, 3.05) is 5.43 Å². The first-order valence-electron chi connectivity index (χ1n) is 12.1. The zero-order chi connectivity index (χ0) is 22.2. The Morgan fingerprint density at radius 2 is 1.15 bits per heavy atom. The number of nitrogens with zero attached hydrogens (tertiary/aromatic N) is 2. The van der Waals surface area contributed by atoms with Crippen molar-refractivity contribution in [3.8, 4) is 0 Å². The molecule has 6 rings (SSSR count). The molecular weight excluding hydrogens is 402 g/mol. The Hall–Kier alpha value is -3.72. The number of aromatic nitrogens is 2. The maximum atomic E-state index is 3.70. The second kappa shape index (κ2) is 8.32. The highest BCUT2D eigenvalue weighted by atomic mass is 15.4. The summed E-state index contributed by atoms with van der Waals surface area (Å²) in [6.07, 6.45) is 5.09. The summed E-state index contributed by atoms with van der Waals surface area (Å²) in [4.78, 5) is 0. The van der Waals surface area contributed by atoms with E-state index in [1.54, 1.807) is 0 Å². The van der Waals surface area contributed by atoms with E-state index in [-0.39, 0.29) is 0 Å². The highest BCUT2D eigenvalue weighted by molar-refractivity contribution is 6.10. The SMILES string of the molecule is CCCCCCn1c2ccccc2c2cc(Nn3c4ccccc4c4ccccc43)ccc21. The van der Waals surface area contributed by atoms with E-state index in [1.165, 1.54) is 69.3 Å². The van der Waals surface area contributed by atoms with Gasteiger partial charge in [-0.05, 0) is 42.8 Å². The summed E-state index contributed by atoms with van der Waals surface area (Å²) >= 11 is 0. The lowest BCUT2D eigenvalue weighted by molar-refractivity contribution is 0.602. The topological polar surface area (TPSA) is 21.9 Å². The summed E-state index contributed by atoms with van der Waals surface area (Å²) in [5.74, 6) is 0. The van der Waals surface area contributed by atoms with Gasteiger partial charge >= 0.3 is 0 Å². The van der Waals surface area contributed by atoms with Gasteiger partial charge in [0.2, 0.25) is 0 Å². The summed E-state index contributed by atoms with van der Waals surface area (Å²) in [5, 5.41) is 5.18. The molecule has 0 fully saturated rings. The largest absolute Gasteiger partial charge is 0.340 e. The van der Waals surface area contributed by atoms with E-state index in [4.69, 9.17) is 0 Å². The molecule has 0 saturated heterocycles. The van der Waals surface area contributed by atoms with Gasteiger partial charge < -0.3 is 4.57 Å². The molecule has 1 N–H and O–H groups in total. The number of nitrogens with one attached hydrogen (secondary N) is 1. The van der Waals surface area contributed by atoms with Gasteiger partial charge in [-0.2, -0.15) is 0 Å². The highest BCUT2D eigenvalue weighted by Gasteiger charge is 2.13. The minimum Gasteiger partial charge on any atom is -0.340 e. The molecule has 0 spiro atoms.